The smallest absolute Gasteiger partial charge is 0.220 e. The SMILES string of the molecule is Cl.Nc1nc(-c2c(O)cccc2F)cc(C2CCCNC2)n1. The predicted molar refractivity (Wildman–Crippen MR) is 85.6 cm³/mol. The largest absolute Gasteiger partial charge is 0.507 e. The number of nitrogen functional groups attached to an aromatic ring is 1. The Morgan fingerprint density at radius 2 is 2.14 bits per heavy atom. The number of nitrogens with one attached hydrogen (secondary N) is 1. The van der Waals surface area contributed by atoms with Gasteiger partial charge in [-0.3, -0.25) is 0 Å². The minimum absolute atomic E-state index is 0. The van der Waals surface area contributed by atoms with E-state index in [2.05, 4.69) is 15.3 Å². The summed E-state index contributed by atoms with van der Waals surface area (Å²) in [6, 6.07) is 5.88. The molecule has 1 aromatic heterocycles. The van der Waals surface area contributed by atoms with Crippen LogP contribution in [0.2, 0.25) is 0 Å². The van der Waals surface area contributed by atoms with Gasteiger partial charge in [0.2, 0.25) is 5.95 Å². The maximum absolute atomic E-state index is 14.0. The summed E-state index contributed by atoms with van der Waals surface area (Å²) in [5.41, 5.74) is 6.93. The second-order valence-corrected chi connectivity index (χ2v) is 5.21. The molecule has 0 bridgehead atoms. The van der Waals surface area contributed by atoms with Crippen molar-refractivity contribution < 1.29 is 9.50 Å². The molecule has 0 amide bonds. The van der Waals surface area contributed by atoms with Gasteiger partial charge in [-0.1, -0.05) is 6.07 Å². The normalized spacial score (nSPS) is 17.8. The molecule has 2 heterocycles. The molecule has 0 radical (unpaired) electrons. The van der Waals surface area contributed by atoms with Crippen LogP contribution >= 0.6 is 12.4 Å². The van der Waals surface area contributed by atoms with Crippen LogP contribution < -0.4 is 11.1 Å². The predicted octanol–water partition coefficient (Wildman–Crippen LogP) is 2.46. The fourth-order valence-corrected chi connectivity index (χ4v) is 2.69. The fourth-order valence-electron chi connectivity index (χ4n) is 2.69. The molecule has 22 heavy (non-hydrogen) atoms. The quantitative estimate of drug-likeness (QED) is 0.790. The molecular weight excluding hydrogens is 307 g/mol. The van der Waals surface area contributed by atoms with Crippen molar-refractivity contribution in [2.24, 2.45) is 0 Å². The van der Waals surface area contributed by atoms with Crippen molar-refractivity contribution in [3.05, 3.63) is 35.8 Å². The van der Waals surface area contributed by atoms with E-state index in [9.17, 15) is 9.50 Å². The average molecular weight is 325 g/mol. The number of phenolic OH excluding ortho intramolecular Hbond substituents is 1. The number of nitrogens with zero attached hydrogens (tertiary/aromatic N) is 2. The maximum Gasteiger partial charge on any atom is 0.220 e. The number of hydrogen-bond donors (Lipinski definition) is 3. The molecule has 1 aliphatic rings. The maximum atomic E-state index is 14.0. The molecule has 1 atom stereocenters. The molecule has 0 spiro atoms. The van der Waals surface area contributed by atoms with Gasteiger partial charge in [0.05, 0.1) is 17.0 Å². The first-order valence-corrected chi connectivity index (χ1v) is 6.98. The lowest BCUT2D eigenvalue weighted by Crippen LogP contribution is -2.29. The van der Waals surface area contributed by atoms with Crippen LogP contribution in [-0.4, -0.2) is 28.2 Å². The summed E-state index contributed by atoms with van der Waals surface area (Å²) >= 11 is 0. The van der Waals surface area contributed by atoms with E-state index >= 15 is 0 Å². The van der Waals surface area contributed by atoms with Gasteiger partial charge < -0.3 is 16.2 Å². The molecule has 2 aromatic rings. The van der Waals surface area contributed by atoms with Crippen LogP contribution in [0.15, 0.2) is 24.3 Å². The number of benzene rings is 1. The lowest BCUT2D eigenvalue weighted by Gasteiger charge is -2.22. The Balaban J connectivity index is 0.00000176. The molecule has 1 aliphatic heterocycles. The minimum Gasteiger partial charge on any atom is -0.507 e. The molecular formula is C15H18ClFN4O. The highest BCUT2D eigenvalue weighted by Crippen LogP contribution is 2.32. The van der Waals surface area contributed by atoms with Crippen molar-refractivity contribution in [2.45, 2.75) is 18.8 Å². The zero-order chi connectivity index (χ0) is 14.8. The molecule has 4 N–H and O–H groups in total. The van der Waals surface area contributed by atoms with E-state index in [1.807, 2.05) is 0 Å². The summed E-state index contributed by atoms with van der Waals surface area (Å²) in [5.74, 6) is -0.353. The van der Waals surface area contributed by atoms with Crippen molar-refractivity contribution in [1.82, 2.24) is 15.3 Å². The summed E-state index contributed by atoms with van der Waals surface area (Å²) in [6.45, 7) is 1.82. The minimum atomic E-state index is -0.527. The topological polar surface area (TPSA) is 84.1 Å². The number of halogens is 2. The van der Waals surface area contributed by atoms with Crippen LogP contribution in [0.4, 0.5) is 10.3 Å². The Morgan fingerprint density at radius 3 is 2.82 bits per heavy atom. The molecule has 118 valence electrons. The van der Waals surface area contributed by atoms with Crippen molar-refractivity contribution in [3.63, 3.8) is 0 Å². The van der Waals surface area contributed by atoms with Crippen molar-refractivity contribution in [2.75, 3.05) is 18.8 Å². The van der Waals surface area contributed by atoms with Gasteiger partial charge in [-0.2, -0.15) is 0 Å². The summed E-state index contributed by atoms with van der Waals surface area (Å²) in [6.07, 6.45) is 2.07. The standard InChI is InChI=1S/C15H17FN4O.ClH/c16-10-4-1-5-13(21)14(10)12-7-11(19-15(17)20-12)9-3-2-6-18-8-9;/h1,4-5,7,9,18,21H,2-3,6,8H2,(H2,17,19,20);1H. The van der Waals surface area contributed by atoms with Crippen LogP contribution in [0.3, 0.4) is 0 Å². The molecule has 3 rings (SSSR count). The molecule has 0 saturated carbocycles. The van der Waals surface area contributed by atoms with Crippen LogP contribution in [0.5, 0.6) is 5.75 Å². The highest BCUT2D eigenvalue weighted by molar-refractivity contribution is 5.85. The first-order valence-electron chi connectivity index (χ1n) is 6.98. The van der Waals surface area contributed by atoms with Crippen LogP contribution in [-0.2, 0) is 0 Å². The van der Waals surface area contributed by atoms with Crippen LogP contribution in [0.1, 0.15) is 24.5 Å². The van der Waals surface area contributed by atoms with Crippen LogP contribution in [0.25, 0.3) is 11.3 Å². The molecule has 5 nitrogen and oxygen atoms in total. The highest BCUT2D eigenvalue weighted by atomic mass is 35.5. The third-order valence-corrected chi connectivity index (χ3v) is 3.73. The Labute approximate surface area is 134 Å². The number of anilines is 1. The molecule has 1 fully saturated rings. The molecule has 1 saturated heterocycles. The second kappa shape index (κ2) is 6.89. The summed E-state index contributed by atoms with van der Waals surface area (Å²) in [5, 5.41) is 13.2. The lowest BCUT2D eigenvalue weighted by molar-refractivity contribution is 0.454. The Kier molecular flexibility index (Phi) is 5.15. The van der Waals surface area contributed by atoms with E-state index in [1.165, 1.54) is 18.2 Å². The molecule has 1 unspecified atom stereocenters. The number of phenols is 1. The highest BCUT2D eigenvalue weighted by Gasteiger charge is 2.20. The summed E-state index contributed by atoms with van der Waals surface area (Å²) in [4.78, 5) is 8.33. The Bertz CT molecular complexity index is 642. The third-order valence-electron chi connectivity index (χ3n) is 3.73. The van der Waals surface area contributed by atoms with Gasteiger partial charge in [-0.05, 0) is 37.6 Å². The number of piperidine rings is 1. The zero-order valence-electron chi connectivity index (χ0n) is 11.9. The van der Waals surface area contributed by atoms with Crippen molar-refractivity contribution >= 4 is 18.4 Å². The third kappa shape index (κ3) is 3.28. The summed E-state index contributed by atoms with van der Waals surface area (Å²) < 4.78 is 14.0. The second-order valence-electron chi connectivity index (χ2n) is 5.21. The first-order chi connectivity index (χ1) is 10.1. The van der Waals surface area contributed by atoms with Gasteiger partial charge >= 0.3 is 0 Å². The van der Waals surface area contributed by atoms with Gasteiger partial charge in [0.25, 0.3) is 0 Å². The van der Waals surface area contributed by atoms with Gasteiger partial charge in [0, 0.05) is 12.5 Å². The van der Waals surface area contributed by atoms with Gasteiger partial charge in [0.1, 0.15) is 11.6 Å². The van der Waals surface area contributed by atoms with E-state index in [-0.39, 0.29) is 35.6 Å². The van der Waals surface area contributed by atoms with Crippen LogP contribution in [0, 0.1) is 5.82 Å². The van der Waals surface area contributed by atoms with Gasteiger partial charge in [-0.25, -0.2) is 14.4 Å². The fraction of sp³-hybridized carbons (Fsp3) is 0.333. The number of aromatic nitrogens is 2. The van der Waals surface area contributed by atoms with Gasteiger partial charge in [-0.15, -0.1) is 12.4 Å². The van der Waals surface area contributed by atoms with Crippen molar-refractivity contribution in [3.8, 4) is 17.0 Å². The molecule has 1 aromatic carbocycles. The zero-order valence-corrected chi connectivity index (χ0v) is 12.7. The van der Waals surface area contributed by atoms with E-state index in [0.29, 0.717) is 5.69 Å². The number of nitrogens with two attached hydrogens (primary N) is 1. The summed E-state index contributed by atoms with van der Waals surface area (Å²) in [7, 11) is 0. The van der Waals surface area contributed by atoms with E-state index in [4.69, 9.17) is 5.73 Å². The first kappa shape index (κ1) is 16.5. The van der Waals surface area contributed by atoms with Gasteiger partial charge in [0.15, 0.2) is 0 Å². The number of aromatic hydroxyl groups is 1. The average Bonchev–Trinajstić information content (AvgIpc) is 2.47. The van der Waals surface area contributed by atoms with E-state index < -0.39 is 5.82 Å². The van der Waals surface area contributed by atoms with E-state index in [1.54, 1.807) is 6.07 Å². The van der Waals surface area contributed by atoms with E-state index in [0.717, 1.165) is 31.6 Å². The number of hydrogen-bond acceptors (Lipinski definition) is 5. The molecule has 7 heteroatoms. The molecule has 0 aliphatic carbocycles. The lowest BCUT2D eigenvalue weighted by atomic mass is 9.95. The monoisotopic (exact) mass is 324 g/mol. The number of rotatable bonds is 2. The van der Waals surface area contributed by atoms with Crippen molar-refractivity contribution in [1.29, 1.82) is 0 Å². The Hall–Kier alpha value is -1.92. The Morgan fingerprint density at radius 1 is 1.32 bits per heavy atom.